The number of pyridine rings is 2. The number of hydrogen-bond acceptors (Lipinski definition) is 3. The van der Waals surface area contributed by atoms with Gasteiger partial charge >= 0.3 is 0 Å². The third-order valence-electron chi connectivity index (χ3n) is 3.30. The molecule has 0 amide bonds. The summed E-state index contributed by atoms with van der Waals surface area (Å²) in [6.45, 7) is 5.31. The Balaban J connectivity index is 2.19. The summed E-state index contributed by atoms with van der Waals surface area (Å²) < 4.78 is 1.01. The van der Waals surface area contributed by atoms with Crippen LogP contribution >= 0.6 is 15.9 Å². The first-order chi connectivity index (χ1) is 9.70. The molecule has 0 saturated carbocycles. The van der Waals surface area contributed by atoms with Gasteiger partial charge in [-0.1, -0.05) is 6.92 Å². The Morgan fingerprint density at radius 2 is 2.10 bits per heavy atom. The molecule has 0 aliphatic carbocycles. The van der Waals surface area contributed by atoms with Gasteiger partial charge in [0.1, 0.15) is 0 Å². The van der Waals surface area contributed by atoms with Crippen LogP contribution in [-0.4, -0.2) is 16.5 Å². The first-order valence-electron chi connectivity index (χ1n) is 6.95. The summed E-state index contributed by atoms with van der Waals surface area (Å²) in [5.74, 6) is 0. The van der Waals surface area contributed by atoms with Crippen LogP contribution in [0.2, 0.25) is 0 Å². The van der Waals surface area contributed by atoms with E-state index in [0.29, 0.717) is 0 Å². The Morgan fingerprint density at radius 1 is 1.25 bits per heavy atom. The molecular weight excluding hydrogens is 314 g/mol. The molecule has 0 saturated heterocycles. The van der Waals surface area contributed by atoms with E-state index in [1.807, 2.05) is 24.7 Å². The second-order valence-electron chi connectivity index (χ2n) is 4.91. The SMILES string of the molecule is CCCNC(Cc1ccc(Br)cn1)c1cnccc1C. The maximum absolute atomic E-state index is 4.47. The molecule has 2 heterocycles. The van der Waals surface area contributed by atoms with Gasteiger partial charge in [-0.05, 0) is 65.1 Å². The van der Waals surface area contributed by atoms with E-state index in [4.69, 9.17) is 0 Å². The third-order valence-corrected chi connectivity index (χ3v) is 3.77. The van der Waals surface area contributed by atoms with E-state index in [1.165, 1.54) is 11.1 Å². The van der Waals surface area contributed by atoms with Crippen LogP contribution < -0.4 is 5.32 Å². The zero-order chi connectivity index (χ0) is 14.4. The number of nitrogens with zero attached hydrogens (tertiary/aromatic N) is 2. The number of hydrogen-bond donors (Lipinski definition) is 1. The summed E-state index contributed by atoms with van der Waals surface area (Å²) in [7, 11) is 0. The van der Waals surface area contributed by atoms with Gasteiger partial charge in [-0.2, -0.15) is 0 Å². The van der Waals surface area contributed by atoms with E-state index in [-0.39, 0.29) is 6.04 Å². The monoisotopic (exact) mass is 333 g/mol. The molecule has 0 spiro atoms. The van der Waals surface area contributed by atoms with Gasteiger partial charge in [-0.3, -0.25) is 9.97 Å². The van der Waals surface area contributed by atoms with Crippen LogP contribution in [0.25, 0.3) is 0 Å². The van der Waals surface area contributed by atoms with Crippen molar-refractivity contribution in [2.75, 3.05) is 6.54 Å². The second-order valence-corrected chi connectivity index (χ2v) is 5.83. The largest absolute Gasteiger partial charge is 0.310 e. The molecule has 2 aromatic heterocycles. The van der Waals surface area contributed by atoms with Crippen molar-refractivity contribution in [3.63, 3.8) is 0 Å². The third kappa shape index (κ3) is 4.12. The molecule has 0 aliphatic rings. The van der Waals surface area contributed by atoms with Crippen LogP contribution in [0, 0.1) is 6.92 Å². The van der Waals surface area contributed by atoms with Gasteiger partial charge in [0, 0.05) is 41.2 Å². The van der Waals surface area contributed by atoms with E-state index in [0.717, 1.165) is 29.6 Å². The highest BCUT2D eigenvalue weighted by Gasteiger charge is 2.14. The highest BCUT2D eigenvalue weighted by molar-refractivity contribution is 9.10. The van der Waals surface area contributed by atoms with Crippen molar-refractivity contribution in [2.24, 2.45) is 0 Å². The average molecular weight is 334 g/mol. The maximum Gasteiger partial charge on any atom is 0.0423 e. The zero-order valence-electron chi connectivity index (χ0n) is 11.9. The molecule has 0 fully saturated rings. The van der Waals surface area contributed by atoms with E-state index < -0.39 is 0 Å². The normalized spacial score (nSPS) is 12.3. The van der Waals surface area contributed by atoms with Gasteiger partial charge in [-0.25, -0.2) is 0 Å². The number of nitrogens with one attached hydrogen (secondary N) is 1. The Labute approximate surface area is 129 Å². The molecule has 0 bridgehead atoms. The Hall–Kier alpha value is -1.26. The predicted octanol–water partition coefficient (Wildman–Crippen LogP) is 3.83. The zero-order valence-corrected chi connectivity index (χ0v) is 13.5. The minimum Gasteiger partial charge on any atom is -0.310 e. The van der Waals surface area contributed by atoms with Crippen molar-refractivity contribution in [3.05, 3.63) is 58.1 Å². The molecule has 0 aliphatic heterocycles. The van der Waals surface area contributed by atoms with Gasteiger partial charge in [0.05, 0.1) is 0 Å². The molecule has 3 nitrogen and oxygen atoms in total. The average Bonchev–Trinajstić information content (AvgIpc) is 2.46. The van der Waals surface area contributed by atoms with Crippen molar-refractivity contribution in [1.82, 2.24) is 15.3 Å². The molecule has 1 atom stereocenters. The number of aromatic nitrogens is 2. The van der Waals surface area contributed by atoms with Gasteiger partial charge in [-0.15, -0.1) is 0 Å². The first kappa shape index (κ1) is 15.1. The Morgan fingerprint density at radius 3 is 2.75 bits per heavy atom. The molecule has 20 heavy (non-hydrogen) atoms. The lowest BCUT2D eigenvalue weighted by Crippen LogP contribution is -2.25. The minimum absolute atomic E-state index is 0.261. The van der Waals surface area contributed by atoms with E-state index in [9.17, 15) is 0 Å². The van der Waals surface area contributed by atoms with Crippen LogP contribution in [0.15, 0.2) is 41.3 Å². The Kier molecular flexibility index (Phi) is 5.68. The molecule has 0 aromatic carbocycles. The van der Waals surface area contributed by atoms with Crippen LogP contribution in [-0.2, 0) is 6.42 Å². The van der Waals surface area contributed by atoms with Crippen molar-refractivity contribution in [3.8, 4) is 0 Å². The topological polar surface area (TPSA) is 37.8 Å². The second kappa shape index (κ2) is 7.50. The lowest BCUT2D eigenvalue weighted by atomic mass is 9.99. The lowest BCUT2D eigenvalue weighted by Gasteiger charge is -2.20. The van der Waals surface area contributed by atoms with Crippen molar-refractivity contribution >= 4 is 15.9 Å². The highest BCUT2D eigenvalue weighted by atomic mass is 79.9. The number of rotatable bonds is 6. The van der Waals surface area contributed by atoms with E-state index in [1.54, 1.807) is 0 Å². The standard InChI is InChI=1S/C16H20BrN3/c1-3-7-19-16(15-11-18-8-6-12(15)2)9-14-5-4-13(17)10-20-14/h4-6,8,10-11,16,19H,3,7,9H2,1-2H3. The molecule has 1 unspecified atom stereocenters. The van der Waals surface area contributed by atoms with E-state index in [2.05, 4.69) is 57.2 Å². The first-order valence-corrected chi connectivity index (χ1v) is 7.74. The highest BCUT2D eigenvalue weighted by Crippen LogP contribution is 2.21. The van der Waals surface area contributed by atoms with E-state index >= 15 is 0 Å². The van der Waals surface area contributed by atoms with Crippen LogP contribution in [0.1, 0.15) is 36.2 Å². The smallest absolute Gasteiger partial charge is 0.0423 e. The molecule has 1 N–H and O–H groups in total. The van der Waals surface area contributed by atoms with Crippen LogP contribution in [0.3, 0.4) is 0 Å². The van der Waals surface area contributed by atoms with Crippen molar-refractivity contribution in [1.29, 1.82) is 0 Å². The fourth-order valence-corrected chi connectivity index (χ4v) is 2.42. The molecule has 106 valence electrons. The lowest BCUT2D eigenvalue weighted by molar-refractivity contribution is 0.521. The Bertz CT molecular complexity index is 540. The maximum atomic E-state index is 4.47. The fourth-order valence-electron chi connectivity index (χ4n) is 2.19. The van der Waals surface area contributed by atoms with Gasteiger partial charge < -0.3 is 5.32 Å². The van der Waals surface area contributed by atoms with Gasteiger partial charge in [0.2, 0.25) is 0 Å². The van der Waals surface area contributed by atoms with Crippen molar-refractivity contribution < 1.29 is 0 Å². The number of aryl methyl sites for hydroxylation is 1. The summed E-state index contributed by atoms with van der Waals surface area (Å²) in [4.78, 5) is 8.74. The summed E-state index contributed by atoms with van der Waals surface area (Å²) in [6.07, 6.45) is 7.64. The summed E-state index contributed by atoms with van der Waals surface area (Å²) in [5, 5.41) is 3.60. The van der Waals surface area contributed by atoms with Crippen molar-refractivity contribution in [2.45, 2.75) is 32.7 Å². The molecule has 2 aromatic rings. The van der Waals surface area contributed by atoms with Gasteiger partial charge in [0.25, 0.3) is 0 Å². The summed E-state index contributed by atoms with van der Waals surface area (Å²) in [5.41, 5.74) is 3.61. The van der Waals surface area contributed by atoms with Crippen LogP contribution in [0.4, 0.5) is 0 Å². The molecular formula is C16H20BrN3. The summed E-state index contributed by atoms with van der Waals surface area (Å²) >= 11 is 3.42. The predicted molar refractivity (Wildman–Crippen MR) is 85.6 cm³/mol. The molecule has 2 rings (SSSR count). The van der Waals surface area contributed by atoms with Gasteiger partial charge in [0.15, 0.2) is 0 Å². The minimum atomic E-state index is 0.261. The molecule has 0 radical (unpaired) electrons. The van der Waals surface area contributed by atoms with Crippen LogP contribution in [0.5, 0.6) is 0 Å². The summed E-state index contributed by atoms with van der Waals surface area (Å²) in [6, 6.07) is 6.42. The molecule has 4 heteroatoms. The number of halogens is 1. The fraction of sp³-hybridized carbons (Fsp3) is 0.375. The quantitative estimate of drug-likeness (QED) is 0.872.